The zero-order valence-corrected chi connectivity index (χ0v) is 13.4. The molecule has 1 saturated heterocycles. The van der Waals surface area contributed by atoms with Crippen LogP contribution in [0, 0.1) is 0 Å². The fourth-order valence-electron chi connectivity index (χ4n) is 2.68. The third-order valence-corrected chi connectivity index (χ3v) is 4.10. The topological polar surface area (TPSA) is 46.6 Å². The van der Waals surface area contributed by atoms with Gasteiger partial charge in [-0.05, 0) is 31.4 Å². The first-order valence-corrected chi connectivity index (χ1v) is 7.61. The minimum Gasteiger partial charge on any atom is -0.383 e. The summed E-state index contributed by atoms with van der Waals surface area (Å²) in [6.07, 6.45) is 4.21. The summed E-state index contributed by atoms with van der Waals surface area (Å²) in [5, 5.41) is 3.33. The van der Waals surface area contributed by atoms with Crippen molar-refractivity contribution in [2.24, 2.45) is 0 Å². The van der Waals surface area contributed by atoms with Crippen LogP contribution in [0.3, 0.4) is 0 Å². The molecule has 0 aromatic carbocycles. The van der Waals surface area contributed by atoms with E-state index in [2.05, 4.69) is 34.3 Å². The van der Waals surface area contributed by atoms with Crippen LogP contribution in [0.1, 0.15) is 25.3 Å². The van der Waals surface area contributed by atoms with Crippen molar-refractivity contribution in [2.45, 2.75) is 31.9 Å². The van der Waals surface area contributed by atoms with Gasteiger partial charge in [0, 0.05) is 46.6 Å². The van der Waals surface area contributed by atoms with Gasteiger partial charge in [-0.25, -0.2) is 4.98 Å². The molecule has 1 aromatic rings. The minimum atomic E-state index is -0.0552. The molecule has 21 heavy (non-hydrogen) atoms. The molecule has 1 aromatic heterocycles. The Morgan fingerprint density at radius 1 is 1.38 bits per heavy atom. The molecule has 1 unspecified atom stereocenters. The number of methoxy groups -OCH3 is 2. The molecule has 5 heteroatoms. The van der Waals surface area contributed by atoms with Crippen molar-refractivity contribution in [3.8, 4) is 0 Å². The lowest BCUT2D eigenvalue weighted by atomic mass is 9.95. The van der Waals surface area contributed by atoms with Gasteiger partial charge in [-0.2, -0.15) is 0 Å². The van der Waals surface area contributed by atoms with E-state index in [1.165, 1.54) is 5.56 Å². The molecule has 1 aliphatic heterocycles. The smallest absolute Gasteiger partial charge is 0.128 e. The number of hydrogen-bond donors (Lipinski definition) is 1. The highest BCUT2D eigenvalue weighted by atomic mass is 16.5. The normalized spacial score (nSPS) is 22.5. The molecule has 1 aliphatic rings. The van der Waals surface area contributed by atoms with E-state index in [0.717, 1.165) is 51.4 Å². The van der Waals surface area contributed by atoms with Crippen LogP contribution in [0.5, 0.6) is 0 Å². The van der Waals surface area contributed by atoms with E-state index in [-0.39, 0.29) is 5.60 Å². The average molecular weight is 293 g/mol. The largest absolute Gasteiger partial charge is 0.383 e. The van der Waals surface area contributed by atoms with Gasteiger partial charge in [-0.1, -0.05) is 6.07 Å². The minimum absolute atomic E-state index is 0.0552. The maximum atomic E-state index is 5.64. The molecule has 0 spiro atoms. The zero-order chi connectivity index (χ0) is 15.1. The number of piperidine rings is 1. The monoisotopic (exact) mass is 293 g/mol. The average Bonchev–Trinajstić information content (AvgIpc) is 2.52. The second-order valence-electron chi connectivity index (χ2n) is 5.87. The summed E-state index contributed by atoms with van der Waals surface area (Å²) in [5.74, 6) is 1.04. The number of pyridine rings is 1. The molecule has 0 bridgehead atoms. The van der Waals surface area contributed by atoms with Gasteiger partial charge in [0.2, 0.25) is 0 Å². The quantitative estimate of drug-likeness (QED) is 0.777. The molecule has 0 amide bonds. The van der Waals surface area contributed by atoms with E-state index in [9.17, 15) is 0 Å². The Hall–Kier alpha value is -1.17. The summed E-state index contributed by atoms with van der Waals surface area (Å²) < 4.78 is 10.7. The number of nitrogens with zero attached hydrogens (tertiary/aromatic N) is 2. The summed E-state index contributed by atoms with van der Waals surface area (Å²) in [5.41, 5.74) is 1.14. The van der Waals surface area contributed by atoms with Gasteiger partial charge in [-0.3, -0.25) is 0 Å². The van der Waals surface area contributed by atoms with E-state index >= 15 is 0 Å². The first kappa shape index (κ1) is 16.2. The molecule has 2 heterocycles. The molecule has 0 aliphatic carbocycles. The Balaban J connectivity index is 1.89. The van der Waals surface area contributed by atoms with Crippen LogP contribution in [0.4, 0.5) is 5.82 Å². The third kappa shape index (κ3) is 4.66. The van der Waals surface area contributed by atoms with E-state index in [1.807, 2.05) is 6.20 Å². The van der Waals surface area contributed by atoms with Gasteiger partial charge in [0.05, 0.1) is 12.2 Å². The fraction of sp³-hybridized carbons (Fsp3) is 0.688. The van der Waals surface area contributed by atoms with Crippen LogP contribution < -0.4 is 10.2 Å². The summed E-state index contributed by atoms with van der Waals surface area (Å²) in [6.45, 7) is 6.55. The number of hydrogen-bond acceptors (Lipinski definition) is 5. The van der Waals surface area contributed by atoms with Gasteiger partial charge in [0.15, 0.2) is 0 Å². The molecule has 0 saturated carbocycles. The second kappa shape index (κ2) is 7.73. The molecule has 118 valence electrons. The summed E-state index contributed by atoms with van der Waals surface area (Å²) >= 11 is 0. The van der Waals surface area contributed by atoms with Gasteiger partial charge in [0.25, 0.3) is 0 Å². The lowest BCUT2D eigenvalue weighted by Gasteiger charge is -2.40. The molecule has 2 rings (SSSR count). The van der Waals surface area contributed by atoms with Crippen LogP contribution in [0.2, 0.25) is 0 Å². The number of ether oxygens (including phenoxy) is 2. The van der Waals surface area contributed by atoms with E-state index in [0.29, 0.717) is 0 Å². The predicted molar refractivity (Wildman–Crippen MR) is 84.7 cm³/mol. The van der Waals surface area contributed by atoms with Gasteiger partial charge < -0.3 is 19.7 Å². The Kier molecular flexibility index (Phi) is 5.96. The van der Waals surface area contributed by atoms with Crippen molar-refractivity contribution in [1.82, 2.24) is 10.3 Å². The summed E-state index contributed by atoms with van der Waals surface area (Å²) in [7, 11) is 3.51. The van der Waals surface area contributed by atoms with Crippen molar-refractivity contribution in [3.05, 3.63) is 23.9 Å². The Morgan fingerprint density at radius 3 is 2.90 bits per heavy atom. The summed E-state index contributed by atoms with van der Waals surface area (Å²) in [4.78, 5) is 6.91. The molecular formula is C16H27N3O2. The maximum Gasteiger partial charge on any atom is 0.128 e. The zero-order valence-electron chi connectivity index (χ0n) is 13.4. The predicted octanol–water partition coefficient (Wildman–Crippen LogP) is 1.82. The Bertz CT molecular complexity index is 424. The highest BCUT2D eigenvalue weighted by Crippen LogP contribution is 2.26. The number of aromatic nitrogens is 1. The van der Waals surface area contributed by atoms with Crippen molar-refractivity contribution in [2.75, 3.05) is 45.4 Å². The highest BCUT2D eigenvalue weighted by Gasteiger charge is 2.31. The highest BCUT2D eigenvalue weighted by molar-refractivity contribution is 5.40. The fourth-order valence-corrected chi connectivity index (χ4v) is 2.68. The molecule has 5 nitrogen and oxygen atoms in total. The standard InChI is InChI=1S/C16H27N3O2/c1-16(21-3)7-4-9-19(13-16)15-6-5-14(12-18-15)11-17-8-10-20-2/h5-6,12,17H,4,7-11,13H2,1-3H3. The van der Waals surface area contributed by atoms with E-state index in [4.69, 9.17) is 9.47 Å². The Morgan fingerprint density at radius 2 is 2.24 bits per heavy atom. The Labute approximate surface area is 127 Å². The number of nitrogens with one attached hydrogen (secondary N) is 1. The lowest BCUT2D eigenvalue weighted by molar-refractivity contribution is -0.00481. The maximum absolute atomic E-state index is 5.64. The van der Waals surface area contributed by atoms with Gasteiger partial charge >= 0.3 is 0 Å². The molecule has 1 atom stereocenters. The van der Waals surface area contributed by atoms with Crippen molar-refractivity contribution >= 4 is 5.82 Å². The van der Waals surface area contributed by atoms with E-state index in [1.54, 1.807) is 14.2 Å². The van der Waals surface area contributed by atoms with Gasteiger partial charge in [-0.15, -0.1) is 0 Å². The van der Waals surface area contributed by atoms with Crippen LogP contribution in [-0.2, 0) is 16.0 Å². The summed E-state index contributed by atoms with van der Waals surface area (Å²) in [6, 6.07) is 4.25. The van der Waals surface area contributed by atoms with Gasteiger partial charge in [0.1, 0.15) is 5.82 Å². The van der Waals surface area contributed by atoms with Crippen LogP contribution in [0.25, 0.3) is 0 Å². The van der Waals surface area contributed by atoms with Crippen LogP contribution in [-0.4, -0.2) is 51.0 Å². The molecule has 1 N–H and O–H groups in total. The SMILES string of the molecule is COCCNCc1ccc(N2CCCC(C)(OC)C2)nc1. The number of anilines is 1. The third-order valence-electron chi connectivity index (χ3n) is 4.10. The van der Waals surface area contributed by atoms with Crippen molar-refractivity contribution in [1.29, 1.82) is 0 Å². The molecular weight excluding hydrogens is 266 g/mol. The van der Waals surface area contributed by atoms with Crippen molar-refractivity contribution in [3.63, 3.8) is 0 Å². The van der Waals surface area contributed by atoms with E-state index < -0.39 is 0 Å². The lowest BCUT2D eigenvalue weighted by Crippen LogP contribution is -2.47. The second-order valence-corrected chi connectivity index (χ2v) is 5.87. The van der Waals surface area contributed by atoms with Crippen LogP contribution >= 0.6 is 0 Å². The molecule has 1 fully saturated rings. The van der Waals surface area contributed by atoms with Crippen LogP contribution in [0.15, 0.2) is 18.3 Å². The molecule has 0 radical (unpaired) electrons. The number of rotatable bonds is 7. The first-order chi connectivity index (χ1) is 10.2. The van der Waals surface area contributed by atoms with Crippen molar-refractivity contribution < 1.29 is 9.47 Å². The first-order valence-electron chi connectivity index (χ1n) is 7.61.